The standard InChI is InChI=1S/C47H31NS/c1-3-15-32(16-4-1)47(33-17-5-2-6-18-33)41-23-10-7-19-35(41)36-29-27-34(30-42(36)47)48-43-24-11-8-20-37(43)39-22-13-14-31-26-28-40-38-21-9-12-25-44(38)49-46(40)45(31)39/h1-30,48H. The van der Waals surface area contributed by atoms with E-state index in [-0.39, 0.29) is 0 Å². The normalized spacial score (nSPS) is 13.1. The van der Waals surface area contributed by atoms with E-state index in [1.165, 1.54) is 75.5 Å². The van der Waals surface area contributed by atoms with Crippen LogP contribution in [0.3, 0.4) is 0 Å². The first-order valence-corrected chi connectivity index (χ1v) is 17.7. The molecule has 0 spiro atoms. The molecular weight excluding hydrogens is 611 g/mol. The van der Waals surface area contributed by atoms with E-state index in [2.05, 4.69) is 187 Å². The highest BCUT2D eigenvalue weighted by molar-refractivity contribution is 7.26. The van der Waals surface area contributed by atoms with Gasteiger partial charge in [-0.25, -0.2) is 0 Å². The third-order valence-corrected chi connectivity index (χ3v) is 11.5. The molecule has 8 aromatic carbocycles. The van der Waals surface area contributed by atoms with Crippen molar-refractivity contribution in [2.45, 2.75) is 5.41 Å². The lowest BCUT2D eigenvalue weighted by molar-refractivity contribution is 0.769. The highest BCUT2D eigenvalue weighted by atomic mass is 32.1. The van der Waals surface area contributed by atoms with Crippen LogP contribution in [0.1, 0.15) is 22.3 Å². The Balaban J connectivity index is 1.16. The summed E-state index contributed by atoms with van der Waals surface area (Å²) in [7, 11) is 0. The Bertz CT molecular complexity index is 2650. The maximum absolute atomic E-state index is 3.91. The fourth-order valence-corrected chi connectivity index (χ4v) is 9.55. The molecule has 0 unspecified atom stereocenters. The molecule has 0 bridgehead atoms. The van der Waals surface area contributed by atoms with Crippen molar-refractivity contribution in [1.82, 2.24) is 0 Å². The van der Waals surface area contributed by atoms with Crippen molar-refractivity contribution in [1.29, 1.82) is 0 Å². The molecule has 0 amide bonds. The van der Waals surface area contributed by atoms with Crippen molar-refractivity contribution in [3.63, 3.8) is 0 Å². The SMILES string of the molecule is c1ccc(C2(c3ccccc3)c3ccccc3-c3ccc(Nc4ccccc4-c4cccc5ccc6c7ccccc7sc6c45)cc32)cc1. The molecule has 230 valence electrons. The number of nitrogens with one attached hydrogen (secondary N) is 1. The summed E-state index contributed by atoms with van der Waals surface area (Å²) in [4.78, 5) is 0. The number of hydrogen-bond acceptors (Lipinski definition) is 2. The van der Waals surface area contributed by atoms with Gasteiger partial charge < -0.3 is 5.32 Å². The number of benzene rings is 8. The monoisotopic (exact) mass is 641 g/mol. The van der Waals surface area contributed by atoms with Gasteiger partial charge in [-0.1, -0.05) is 158 Å². The molecule has 49 heavy (non-hydrogen) atoms. The molecule has 1 aromatic heterocycles. The predicted molar refractivity (Wildman–Crippen MR) is 209 cm³/mol. The number of fused-ring (bicyclic) bond motifs is 8. The second-order valence-corrected chi connectivity index (χ2v) is 14.0. The molecule has 1 aliphatic carbocycles. The molecule has 2 heteroatoms. The Kier molecular flexibility index (Phi) is 6.34. The molecule has 10 rings (SSSR count). The second kappa shape index (κ2) is 11.1. The highest BCUT2D eigenvalue weighted by Gasteiger charge is 2.46. The van der Waals surface area contributed by atoms with Crippen molar-refractivity contribution >= 4 is 53.7 Å². The third kappa shape index (κ3) is 4.18. The van der Waals surface area contributed by atoms with Crippen molar-refractivity contribution in [3.05, 3.63) is 204 Å². The van der Waals surface area contributed by atoms with Crippen LogP contribution < -0.4 is 5.32 Å². The molecule has 0 saturated heterocycles. The van der Waals surface area contributed by atoms with E-state index in [0.717, 1.165) is 11.4 Å². The summed E-state index contributed by atoms with van der Waals surface area (Å²) in [6, 6.07) is 66.7. The quantitative estimate of drug-likeness (QED) is 0.197. The van der Waals surface area contributed by atoms with Crippen LogP contribution in [0.25, 0.3) is 53.2 Å². The number of hydrogen-bond donors (Lipinski definition) is 1. The van der Waals surface area contributed by atoms with Gasteiger partial charge in [-0.2, -0.15) is 0 Å². The van der Waals surface area contributed by atoms with Crippen LogP contribution in [0.2, 0.25) is 0 Å². The number of rotatable bonds is 5. The van der Waals surface area contributed by atoms with E-state index in [9.17, 15) is 0 Å². The van der Waals surface area contributed by atoms with Crippen LogP contribution >= 0.6 is 11.3 Å². The lowest BCUT2D eigenvalue weighted by atomic mass is 9.67. The van der Waals surface area contributed by atoms with Gasteiger partial charge in [0.2, 0.25) is 0 Å². The van der Waals surface area contributed by atoms with E-state index in [1.807, 2.05) is 11.3 Å². The van der Waals surface area contributed by atoms with Gasteiger partial charge in [0, 0.05) is 42.5 Å². The maximum Gasteiger partial charge on any atom is 0.0714 e. The molecule has 1 aliphatic rings. The number of para-hydroxylation sites is 1. The van der Waals surface area contributed by atoms with E-state index in [0.29, 0.717) is 0 Å². The number of thiophene rings is 1. The van der Waals surface area contributed by atoms with Crippen molar-refractivity contribution in [2.75, 3.05) is 5.32 Å². The Morgan fingerprint density at radius 3 is 1.90 bits per heavy atom. The van der Waals surface area contributed by atoms with Crippen LogP contribution in [0.15, 0.2) is 182 Å². The minimum atomic E-state index is -0.436. The zero-order chi connectivity index (χ0) is 32.4. The van der Waals surface area contributed by atoms with Gasteiger partial charge in [0.1, 0.15) is 0 Å². The van der Waals surface area contributed by atoms with Crippen molar-refractivity contribution in [2.24, 2.45) is 0 Å². The maximum atomic E-state index is 3.91. The Morgan fingerprint density at radius 2 is 1.08 bits per heavy atom. The van der Waals surface area contributed by atoms with Crippen LogP contribution in [0.4, 0.5) is 11.4 Å². The van der Waals surface area contributed by atoms with E-state index >= 15 is 0 Å². The summed E-state index contributed by atoms with van der Waals surface area (Å²) in [5, 5.41) is 9.13. The average Bonchev–Trinajstić information content (AvgIpc) is 3.69. The summed E-state index contributed by atoms with van der Waals surface area (Å²) in [6.07, 6.45) is 0. The predicted octanol–water partition coefficient (Wildman–Crippen LogP) is 13.0. The summed E-state index contributed by atoms with van der Waals surface area (Å²) >= 11 is 1.89. The van der Waals surface area contributed by atoms with Gasteiger partial charge in [0.25, 0.3) is 0 Å². The first kappa shape index (κ1) is 28.1. The molecule has 1 heterocycles. The average molecular weight is 642 g/mol. The topological polar surface area (TPSA) is 12.0 Å². The smallest absolute Gasteiger partial charge is 0.0714 e. The van der Waals surface area contributed by atoms with Crippen LogP contribution in [-0.2, 0) is 5.41 Å². The van der Waals surface area contributed by atoms with Gasteiger partial charge in [-0.3, -0.25) is 0 Å². The largest absolute Gasteiger partial charge is 0.355 e. The summed E-state index contributed by atoms with van der Waals surface area (Å²) in [6.45, 7) is 0. The van der Waals surface area contributed by atoms with Gasteiger partial charge in [-0.15, -0.1) is 11.3 Å². The number of anilines is 2. The molecule has 1 nitrogen and oxygen atoms in total. The first-order chi connectivity index (χ1) is 24.3. The molecule has 0 fully saturated rings. The molecule has 1 N–H and O–H groups in total. The molecule has 0 saturated carbocycles. The molecule has 0 aliphatic heterocycles. The van der Waals surface area contributed by atoms with Crippen LogP contribution in [0, 0.1) is 0 Å². The van der Waals surface area contributed by atoms with Gasteiger partial charge in [0.05, 0.1) is 5.41 Å². The summed E-state index contributed by atoms with van der Waals surface area (Å²) < 4.78 is 2.67. The van der Waals surface area contributed by atoms with E-state index in [1.54, 1.807) is 0 Å². The van der Waals surface area contributed by atoms with Gasteiger partial charge in [0.15, 0.2) is 0 Å². The summed E-state index contributed by atoms with van der Waals surface area (Å²) in [5.74, 6) is 0. The Labute approximate surface area is 289 Å². The zero-order valence-corrected chi connectivity index (χ0v) is 27.5. The zero-order valence-electron chi connectivity index (χ0n) is 26.7. The van der Waals surface area contributed by atoms with Gasteiger partial charge >= 0.3 is 0 Å². The lowest BCUT2D eigenvalue weighted by Crippen LogP contribution is -2.28. The first-order valence-electron chi connectivity index (χ1n) is 16.9. The molecular formula is C47H31NS. The van der Waals surface area contributed by atoms with E-state index in [4.69, 9.17) is 0 Å². The van der Waals surface area contributed by atoms with Crippen LogP contribution in [0.5, 0.6) is 0 Å². The minimum absolute atomic E-state index is 0.436. The molecule has 0 atom stereocenters. The van der Waals surface area contributed by atoms with Crippen molar-refractivity contribution < 1.29 is 0 Å². The third-order valence-electron chi connectivity index (χ3n) is 10.3. The Hall–Kier alpha value is -5.96. The fourth-order valence-electron chi connectivity index (χ4n) is 8.28. The highest BCUT2D eigenvalue weighted by Crippen LogP contribution is 2.56. The fraction of sp³-hybridized carbons (Fsp3) is 0.0213. The van der Waals surface area contributed by atoms with Gasteiger partial charge in [-0.05, 0) is 68.6 Å². The lowest BCUT2D eigenvalue weighted by Gasteiger charge is -2.34. The Morgan fingerprint density at radius 1 is 0.429 bits per heavy atom. The van der Waals surface area contributed by atoms with E-state index < -0.39 is 5.41 Å². The second-order valence-electron chi connectivity index (χ2n) is 12.9. The van der Waals surface area contributed by atoms with Crippen LogP contribution in [-0.4, -0.2) is 0 Å². The molecule has 9 aromatic rings. The summed E-state index contributed by atoms with van der Waals surface area (Å²) in [5.41, 5.74) is 11.9. The van der Waals surface area contributed by atoms with Crippen molar-refractivity contribution in [3.8, 4) is 22.3 Å². The molecule has 0 radical (unpaired) electrons. The minimum Gasteiger partial charge on any atom is -0.355 e.